The first-order valence-electron chi connectivity index (χ1n) is 4.18. The normalized spacial score (nSPS) is 10.0. The maximum atomic E-state index is 11.5. The Bertz CT molecular complexity index is 406. The molecule has 6 heteroatoms. The van der Waals surface area contributed by atoms with Gasteiger partial charge in [0.1, 0.15) is 4.47 Å². The van der Waals surface area contributed by atoms with Crippen LogP contribution in [0.5, 0.6) is 0 Å². The summed E-state index contributed by atoms with van der Waals surface area (Å²) >= 11 is 3.06. The van der Waals surface area contributed by atoms with Gasteiger partial charge in [0, 0.05) is 11.6 Å². The SMILES string of the molecule is CNCC(=O)c1cccc([N+](=O)[O-])c1Br. The van der Waals surface area contributed by atoms with Crippen molar-refractivity contribution in [2.24, 2.45) is 0 Å². The number of Topliss-reactive ketones (excluding diaryl/α,β-unsaturated/α-hetero) is 1. The first-order chi connectivity index (χ1) is 7.07. The highest BCUT2D eigenvalue weighted by molar-refractivity contribution is 9.10. The molecule has 0 saturated heterocycles. The van der Waals surface area contributed by atoms with E-state index in [9.17, 15) is 14.9 Å². The summed E-state index contributed by atoms with van der Waals surface area (Å²) in [5, 5.41) is 13.3. The number of carbonyl (C=O) groups excluding carboxylic acids is 1. The Morgan fingerprint density at radius 1 is 1.60 bits per heavy atom. The number of nitro benzene ring substituents is 1. The molecule has 80 valence electrons. The van der Waals surface area contributed by atoms with Crippen LogP contribution < -0.4 is 5.32 Å². The number of nitrogens with zero attached hydrogens (tertiary/aromatic N) is 1. The average molecular weight is 273 g/mol. The van der Waals surface area contributed by atoms with Crippen molar-refractivity contribution in [3.05, 3.63) is 38.3 Å². The lowest BCUT2D eigenvalue weighted by molar-refractivity contribution is -0.385. The van der Waals surface area contributed by atoms with Gasteiger partial charge in [-0.15, -0.1) is 0 Å². The molecule has 0 saturated carbocycles. The highest BCUT2D eigenvalue weighted by Crippen LogP contribution is 2.28. The molecule has 0 radical (unpaired) electrons. The van der Waals surface area contributed by atoms with E-state index in [1.54, 1.807) is 13.1 Å². The van der Waals surface area contributed by atoms with Crippen molar-refractivity contribution in [3.63, 3.8) is 0 Å². The fourth-order valence-corrected chi connectivity index (χ4v) is 1.76. The molecule has 1 aromatic carbocycles. The number of likely N-dealkylation sites (N-methyl/N-ethyl adjacent to an activating group) is 1. The van der Waals surface area contributed by atoms with E-state index in [2.05, 4.69) is 21.2 Å². The summed E-state index contributed by atoms with van der Waals surface area (Å²) in [6.07, 6.45) is 0. The van der Waals surface area contributed by atoms with Gasteiger partial charge in [-0.1, -0.05) is 6.07 Å². The molecule has 0 aliphatic rings. The molecule has 0 bridgehead atoms. The highest BCUT2D eigenvalue weighted by Gasteiger charge is 2.18. The standard InChI is InChI=1S/C9H9BrN2O3/c1-11-5-8(13)6-3-2-4-7(9(6)10)12(14)15/h2-4,11H,5H2,1H3. The van der Waals surface area contributed by atoms with Crippen molar-refractivity contribution < 1.29 is 9.72 Å². The summed E-state index contributed by atoms with van der Waals surface area (Å²) < 4.78 is 0.232. The minimum Gasteiger partial charge on any atom is -0.313 e. The van der Waals surface area contributed by atoms with Gasteiger partial charge in [0.25, 0.3) is 5.69 Å². The van der Waals surface area contributed by atoms with Crippen molar-refractivity contribution in [1.82, 2.24) is 5.32 Å². The second-order valence-corrected chi connectivity index (χ2v) is 3.64. The topological polar surface area (TPSA) is 72.2 Å². The highest BCUT2D eigenvalue weighted by atomic mass is 79.9. The quantitative estimate of drug-likeness (QED) is 0.515. The zero-order valence-electron chi connectivity index (χ0n) is 7.99. The zero-order valence-corrected chi connectivity index (χ0v) is 9.58. The fraction of sp³-hybridized carbons (Fsp3) is 0.222. The Balaban J connectivity index is 3.15. The first kappa shape index (κ1) is 11.8. The molecular weight excluding hydrogens is 264 g/mol. The predicted octanol–water partition coefficient (Wildman–Crippen LogP) is 1.76. The monoisotopic (exact) mass is 272 g/mol. The molecule has 0 aromatic heterocycles. The van der Waals surface area contributed by atoms with Gasteiger partial charge in [0.15, 0.2) is 5.78 Å². The maximum absolute atomic E-state index is 11.5. The smallest absolute Gasteiger partial charge is 0.284 e. The van der Waals surface area contributed by atoms with Gasteiger partial charge in [-0.3, -0.25) is 14.9 Å². The Kier molecular flexibility index (Phi) is 3.93. The maximum Gasteiger partial charge on any atom is 0.284 e. The number of ketones is 1. The summed E-state index contributed by atoms with van der Waals surface area (Å²) in [5.74, 6) is -0.187. The summed E-state index contributed by atoms with van der Waals surface area (Å²) in [7, 11) is 1.64. The summed E-state index contributed by atoms with van der Waals surface area (Å²) in [6.45, 7) is 0.153. The summed E-state index contributed by atoms with van der Waals surface area (Å²) in [5.41, 5.74) is 0.218. The number of hydrogen-bond acceptors (Lipinski definition) is 4. The van der Waals surface area contributed by atoms with Crippen LogP contribution in [0.3, 0.4) is 0 Å². The molecule has 0 aliphatic carbocycles. The molecule has 0 heterocycles. The van der Waals surface area contributed by atoms with E-state index in [4.69, 9.17) is 0 Å². The van der Waals surface area contributed by atoms with Gasteiger partial charge in [0.05, 0.1) is 11.5 Å². The van der Waals surface area contributed by atoms with Gasteiger partial charge in [-0.25, -0.2) is 0 Å². The van der Waals surface area contributed by atoms with Gasteiger partial charge in [-0.2, -0.15) is 0 Å². The number of nitrogens with one attached hydrogen (secondary N) is 1. The van der Waals surface area contributed by atoms with Crippen LogP contribution in [-0.4, -0.2) is 24.3 Å². The molecule has 0 aliphatic heterocycles. The molecule has 1 N–H and O–H groups in total. The van der Waals surface area contributed by atoms with E-state index in [0.29, 0.717) is 5.56 Å². The van der Waals surface area contributed by atoms with E-state index in [1.807, 2.05) is 0 Å². The second kappa shape index (κ2) is 4.99. The third-order valence-electron chi connectivity index (χ3n) is 1.81. The molecule has 0 fully saturated rings. The Labute approximate surface area is 94.8 Å². The number of carbonyl (C=O) groups is 1. The Hall–Kier alpha value is -1.27. The largest absolute Gasteiger partial charge is 0.313 e. The van der Waals surface area contributed by atoms with Crippen LogP contribution in [-0.2, 0) is 0 Å². The fourth-order valence-electron chi connectivity index (χ4n) is 1.13. The molecule has 1 aromatic rings. The Morgan fingerprint density at radius 2 is 2.27 bits per heavy atom. The molecule has 5 nitrogen and oxygen atoms in total. The van der Waals surface area contributed by atoms with Crippen LogP contribution in [0.25, 0.3) is 0 Å². The van der Waals surface area contributed by atoms with Crippen molar-refractivity contribution in [1.29, 1.82) is 0 Å². The average Bonchev–Trinajstić information content (AvgIpc) is 2.17. The zero-order chi connectivity index (χ0) is 11.4. The number of rotatable bonds is 4. The molecule has 0 unspecified atom stereocenters. The lowest BCUT2D eigenvalue weighted by Gasteiger charge is -2.03. The lowest BCUT2D eigenvalue weighted by atomic mass is 10.1. The van der Waals surface area contributed by atoms with E-state index >= 15 is 0 Å². The third-order valence-corrected chi connectivity index (χ3v) is 2.65. The minimum atomic E-state index is -0.528. The van der Waals surface area contributed by atoms with E-state index < -0.39 is 4.92 Å². The van der Waals surface area contributed by atoms with Crippen LogP contribution in [0, 0.1) is 10.1 Å². The van der Waals surface area contributed by atoms with E-state index in [1.165, 1.54) is 12.1 Å². The predicted molar refractivity (Wildman–Crippen MR) is 59.1 cm³/mol. The molecule has 15 heavy (non-hydrogen) atoms. The summed E-state index contributed by atoms with van der Waals surface area (Å²) in [4.78, 5) is 21.6. The Morgan fingerprint density at radius 3 is 2.80 bits per heavy atom. The van der Waals surface area contributed by atoms with Gasteiger partial charge >= 0.3 is 0 Å². The van der Waals surface area contributed by atoms with Gasteiger partial charge < -0.3 is 5.32 Å². The van der Waals surface area contributed by atoms with Crippen molar-refractivity contribution >= 4 is 27.4 Å². The lowest BCUT2D eigenvalue weighted by Crippen LogP contribution is -2.19. The molecule has 0 atom stereocenters. The number of hydrogen-bond donors (Lipinski definition) is 1. The summed E-state index contributed by atoms with van der Waals surface area (Å²) in [6, 6.07) is 4.39. The molecule has 0 spiro atoms. The van der Waals surface area contributed by atoms with Gasteiger partial charge in [-0.05, 0) is 29.0 Å². The molecule has 0 amide bonds. The van der Waals surface area contributed by atoms with Crippen molar-refractivity contribution in [3.8, 4) is 0 Å². The van der Waals surface area contributed by atoms with Crippen LogP contribution >= 0.6 is 15.9 Å². The van der Waals surface area contributed by atoms with Crippen LogP contribution in [0.15, 0.2) is 22.7 Å². The molecular formula is C9H9BrN2O3. The van der Waals surface area contributed by atoms with Crippen LogP contribution in [0.2, 0.25) is 0 Å². The third kappa shape index (κ3) is 2.60. The van der Waals surface area contributed by atoms with Crippen LogP contribution in [0.1, 0.15) is 10.4 Å². The number of nitro groups is 1. The van der Waals surface area contributed by atoms with Gasteiger partial charge in [0.2, 0.25) is 0 Å². The number of benzene rings is 1. The number of halogens is 1. The van der Waals surface area contributed by atoms with E-state index in [0.717, 1.165) is 0 Å². The minimum absolute atomic E-state index is 0.100. The van der Waals surface area contributed by atoms with Crippen molar-refractivity contribution in [2.45, 2.75) is 0 Å². The second-order valence-electron chi connectivity index (χ2n) is 2.85. The van der Waals surface area contributed by atoms with E-state index in [-0.39, 0.29) is 22.5 Å². The van der Waals surface area contributed by atoms with Crippen molar-refractivity contribution in [2.75, 3.05) is 13.6 Å². The van der Waals surface area contributed by atoms with Crippen LogP contribution in [0.4, 0.5) is 5.69 Å². The first-order valence-corrected chi connectivity index (χ1v) is 4.98. The molecule has 1 rings (SSSR count).